The SMILES string of the molecule is C=CCN(CCC)CC1CCC(N)C1. The van der Waals surface area contributed by atoms with Crippen molar-refractivity contribution in [3.05, 3.63) is 12.7 Å². The van der Waals surface area contributed by atoms with E-state index < -0.39 is 0 Å². The van der Waals surface area contributed by atoms with E-state index in [9.17, 15) is 0 Å². The first kappa shape index (κ1) is 11.7. The standard InChI is InChI=1S/C12H24N2/c1-3-7-14(8-4-2)10-11-5-6-12(13)9-11/h3,11-12H,1,4-10,13H2,2H3. The average molecular weight is 196 g/mol. The minimum atomic E-state index is 0.465. The summed E-state index contributed by atoms with van der Waals surface area (Å²) in [4.78, 5) is 2.50. The molecule has 82 valence electrons. The molecule has 2 N–H and O–H groups in total. The molecule has 2 heteroatoms. The van der Waals surface area contributed by atoms with Crippen molar-refractivity contribution in [3.8, 4) is 0 Å². The van der Waals surface area contributed by atoms with E-state index in [4.69, 9.17) is 5.73 Å². The summed E-state index contributed by atoms with van der Waals surface area (Å²) < 4.78 is 0. The fourth-order valence-corrected chi connectivity index (χ4v) is 2.40. The fraction of sp³-hybridized carbons (Fsp3) is 0.833. The second-order valence-electron chi connectivity index (χ2n) is 4.49. The molecule has 2 atom stereocenters. The largest absolute Gasteiger partial charge is 0.328 e. The highest BCUT2D eigenvalue weighted by Crippen LogP contribution is 2.24. The van der Waals surface area contributed by atoms with Gasteiger partial charge in [-0.2, -0.15) is 0 Å². The summed E-state index contributed by atoms with van der Waals surface area (Å²) in [5, 5.41) is 0. The normalized spacial score (nSPS) is 27.1. The van der Waals surface area contributed by atoms with Crippen LogP contribution in [0, 0.1) is 5.92 Å². The van der Waals surface area contributed by atoms with Gasteiger partial charge in [0.05, 0.1) is 0 Å². The molecule has 1 saturated carbocycles. The Morgan fingerprint density at radius 3 is 2.79 bits per heavy atom. The first-order valence-electron chi connectivity index (χ1n) is 5.85. The van der Waals surface area contributed by atoms with Crippen molar-refractivity contribution in [1.29, 1.82) is 0 Å². The third-order valence-corrected chi connectivity index (χ3v) is 3.03. The topological polar surface area (TPSA) is 29.3 Å². The Bertz CT molecular complexity index is 168. The van der Waals surface area contributed by atoms with E-state index in [2.05, 4.69) is 18.4 Å². The lowest BCUT2D eigenvalue weighted by Gasteiger charge is -2.23. The van der Waals surface area contributed by atoms with Crippen LogP contribution in [0.2, 0.25) is 0 Å². The van der Waals surface area contributed by atoms with E-state index in [0.29, 0.717) is 6.04 Å². The molecule has 1 aliphatic rings. The Balaban J connectivity index is 2.27. The molecule has 1 fully saturated rings. The molecule has 2 nitrogen and oxygen atoms in total. The molecule has 0 saturated heterocycles. The van der Waals surface area contributed by atoms with E-state index in [1.807, 2.05) is 6.08 Å². The van der Waals surface area contributed by atoms with Crippen LogP contribution in [0.15, 0.2) is 12.7 Å². The van der Waals surface area contributed by atoms with Crippen LogP contribution in [0.1, 0.15) is 32.6 Å². The van der Waals surface area contributed by atoms with Crippen LogP contribution in [0.5, 0.6) is 0 Å². The summed E-state index contributed by atoms with van der Waals surface area (Å²) in [6.07, 6.45) is 6.99. The summed E-state index contributed by atoms with van der Waals surface area (Å²) in [5.41, 5.74) is 5.91. The maximum absolute atomic E-state index is 5.91. The molecule has 0 spiro atoms. The van der Waals surface area contributed by atoms with Crippen LogP contribution in [0.25, 0.3) is 0 Å². The van der Waals surface area contributed by atoms with Crippen molar-refractivity contribution >= 4 is 0 Å². The van der Waals surface area contributed by atoms with Gasteiger partial charge >= 0.3 is 0 Å². The number of nitrogens with zero attached hydrogens (tertiary/aromatic N) is 1. The third kappa shape index (κ3) is 3.81. The molecule has 0 aromatic heterocycles. The number of hydrogen-bond acceptors (Lipinski definition) is 2. The van der Waals surface area contributed by atoms with Gasteiger partial charge in [0.25, 0.3) is 0 Å². The van der Waals surface area contributed by atoms with Gasteiger partial charge in [0.2, 0.25) is 0 Å². The molecule has 1 rings (SSSR count). The smallest absolute Gasteiger partial charge is 0.0160 e. The Morgan fingerprint density at radius 2 is 2.29 bits per heavy atom. The van der Waals surface area contributed by atoms with Crippen molar-refractivity contribution in [2.75, 3.05) is 19.6 Å². The highest BCUT2D eigenvalue weighted by Gasteiger charge is 2.22. The van der Waals surface area contributed by atoms with Crippen molar-refractivity contribution in [2.45, 2.75) is 38.6 Å². The summed E-state index contributed by atoms with van der Waals surface area (Å²) in [6.45, 7) is 9.47. The van der Waals surface area contributed by atoms with Gasteiger partial charge in [0.1, 0.15) is 0 Å². The molecular formula is C12H24N2. The van der Waals surface area contributed by atoms with Crippen LogP contribution >= 0.6 is 0 Å². The van der Waals surface area contributed by atoms with Crippen LogP contribution in [-0.2, 0) is 0 Å². The predicted octanol–water partition coefficient (Wildman–Crippen LogP) is 2.01. The van der Waals surface area contributed by atoms with Crippen LogP contribution in [0.4, 0.5) is 0 Å². The Labute approximate surface area is 88.2 Å². The lowest BCUT2D eigenvalue weighted by molar-refractivity contribution is 0.253. The first-order valence-corrected chi connectivity index (χ1v) is 5.85. The van der Waals surface area contributed by atoms with Gasteiger partial charge in [-0.25, -0.2) is 0 Å². The van der Waals surface area contributed by atoms with E-state index in [1.54, 1.807) is 0 Å². The third-order valence-electron chi connectivity index (χ3n) is 3.03. The zero-order valence-corrected chi connectivity index (χ0v) is 9.41. The van der Waals surface area contributed by atoms with E-state index in [0.717, 1.165) is 12.5 Å². The van der Waals surface area contributed by atoms with Gasteiger partial charge in [0.15, 0.2) is 0 Å². The Hall–Kier alpha value is -0.340. The van der Waals surface area contributed by atoms with Crippen LogP contribution in [-0.4, -0.2) is 30.6 Å². The second-order valence-corrected chi connectivity index (χ2v) is 4.49. The van der Waals surface area contributed by atoms with Crippen molar-refractivity contribution in [1.82, 2.24) is 4.90 Å². The van der Waals surface area contributed by atoms with E-state index >= 15 is 0 Å². The summed E-state index contributed by atoms with van der Waals surface area (Å²) in [7, 11) is 0. The molecule has 0 aromatic rings. The number of nitrogens with two attached hydrogens (primary N) is 1. The molecule has 0 aromatic carbocycles. The maximum Gasteiger partial charge on any atom is 0.0160 e. The monoisotopic (exact) mass is 196 g/mol. The molecule has 1 aliphatic carbocycles. The van der Waals surface area contributed by atoms with Crippen molar-refractivity contribution < 1.29 is 0 Å². The van der Waals surface area contributed by atoms with E-state index in [1.165, 1.54) is 38.8 Å². The highest BCUT2D eigenvalue weighted by molar-refractivity contribution is 4.82. The summed E-state index contributed by atoms with van der Waals surface area (Å²) in [6, 6.07) is 0.465. The Kier molecular flexibility index (Phi) is 5.20. The predicted molar refractivity (Wildman–Crippen MR) is 62.2 cm³/mol. The lowest BCUT2D eigenvalue weighted by Crippen LogP contribution is -2.30. The molecule has 14 heavy (non-hydrogen) atoms. The minimum absolute atomic E-state index is 0.465. The van der Waals surface area contributed by atoms with Gasteiger partial charge in [0, 0.05) is 19.1 Å². The molecule has 0 radical (unpaired) electrons. The Morgan fingerprint density at radius 1 is 1.50 bits per heavy atom. The number of hydrogen-bond donors (Lipinski definition) is 1. The second kappa shape index (κ2) is 6.20. The number of rotatable bonds is 6. The highest BCUT2D eigenvalue weighted by atomic mass is 15.1. The summed E-state index contributed by atoms with van der Waals surface area (Å²) in [5.74, 6) is 0.830. The zero-order valence-electron chi connectivity index (χ0n) is 9.41. The van der Waals surface area contributed by atoms with Crippen LogP contribution < -0.4 is 5.73 Å². The lowest BCUT2D eigenvalue weighted by atomic mass is 10.1. The van der Waals surface area contributed by atoms with Gasteiger partial charge in [-0.15, -0.1) is 6.58 Å². The van der Waals surface area contributed by atoms with Crippen molar-refractivity contribution in [3.63, 3.8) is 0 Å². The molecule has 0 heterocycles. The maximum atomic E-state index is 5.91. The van der Waals surface area contributed by atoms with E-state index in [-0.39, 0.29) is 0 Å². The van der Waals surface area contributed by atoms with Gasteiger partial charge in [-0.05, 0) is 38.1 Å². The first-order chi connectivity index (χ1) is 6.76. The molecule has 2 unspecified atom stereocenters. The van der Waals surface area contributed by atoms with Crippen molar-refractivity contribution in [2.24, 2.45) is 11.7 Å². The molecule has 0 amide bonds. The average Bonchev–Trinajstić information content (AvgIpc) is 2.52. The fourth-order valence-electron chi connectivity index (χ4n) is 2.40. The van der Waals surface area contributed by atoms with Gasteiger partial charge < -0.3 is 5.73 Å². The van der Waals surface area contributed by atoms with Crippen LogP contribution in [0.3, 0.4) is 0 Å². The van der Waals surface area contributed by atoms with Gasteiger partial charge in [-0.1, -0.05) is 13.0 Å². The quantitative estimate of drug-likeness (QED) is 0.658. The molecule has 0 bridgehead atoms. The minimum Gasteiger partial charge on any atom is -0.328 e. The van der Waals surface area contributed by atoms with Gasteiger partial charge in [-0.3, -0.25) is 4.90 Å². The molecular weight excluding hydrogens is 172 g/mol. The summed E-state index contributed by atoms with van der Waals surface area (Å²) >= 11 is 0. The zero-order chi connectivity index (χ0) is 10.4. The molecule has 0 aliphatic heterocycles.